The molecule has 0 aliphatic carbocycles. The lowest BCUT2D eigenvalue weighted by Gasteiger charge is -2.41. The number of nitrogens with zero attached hydrogens (tertiary/aromatic N) is 3. The fraction of sp³-hybridized carbons (Fsp3) is 0.130. The third kappa shape index (κ3) is 5.92. The molecule has 0 saturated heterocycles. The highest BCUT2D eigenvalue weighted by Gasteiger charge is 2.53. The number of benzene rings is 6. The molecule has 52 heavy (non-hydrogen) atoms. The van der Waals surface area contributed by atoms with Crippen LogP contribution in [-0.2, 0) is 5.79 Å². The number of hydrogen-bond donors (Lipinski definition) is 1. The Hall–Kier alpha value is -6.40. The molecule has 6 aromatic rings. The molecule has 1 atom stereocenters. The molecule has 2 aliphatic heterocycles. The molecular formula is C46H40N4O2. The maximum Gasteiger partial charge on any atom is 0.261 e. The van der Waals surface area contributed by atoms with E-state index < -0.39 is 12.0 Å². The zero-order valence-electron chi connectivity index (χ0n) is 29.3. The van der Waals surface area contributed by atoms with Gasteiger partial charge in [0, 0.05) is 22.3 Å². The van der Waals surface area contributed by atoms with Gasteiger partial charge in [0.1, 0.15) is 17.7 Å². The Balaban J connectivity index is 1.52. The van der Waals surface area contributed by atoms with Crippen LogP contribution >= 0.6 is 0 Å². The second kappa shape index (κ2) is 14.4. The van der Waals surface area contributed by atoms with Crippen molar-refractivity contribution >= 4 is 22.8 Å². The van der Waals surface area contributed by atoms with Gasteiger partial charge in [0.25, 0.3) is 5.79 Å². The molecule has 6 nitrogen and oxygen atoms in total. The normalized spacial score (nSPS) is 16.3. The fourth-order valence-corrected chi connectivity index (χ4v) is 7.19. The van der Waals surface area contributed by atoms with Crippen molar-refractivity contribution < 1.29 is 9.47 Å². The minimum absolute atomic E-state index is 0.456. The van der Waals surface area contributed by atoms with Crippen LogP contribution in [0.1, 0.15) is 53.4 Å². The van der Waals surface area contributed by atoms with E-state index in [9.17, 15) is 0 Å². The molecule has 256 valence electrons. The van der Waals surface area contributed by atoms with E-state index in [-0.39, 0.29) is 0 Å². The summed E-state index contributed by atoms with van der Waals surface area (Å²) in [6.07, 6.45) is -0.456. The van der Waals surface area contributed by atoms with Crippen molar-refractivity contribution in [3.8, 4) is 11.5 Å². The van der Waals surface area contributed by atoms with Crippen molar-refractivity contribution in [3.05, 3.63) is 203 Å². The van der Waals surface area contributed by atoms with Crippen LogP contribution in [0, 0.1) is 0 Å². The van der Waals surface area contributed by atoms with E-state index in [1.54, 1.807) is 0 Å². The van der Waals surface area contributed by atoms with Crippen LogP contribution in [-0.4, -0.2) is 29.5 Å². The summed E-state index contributed by atoms with van der Waals surface area (Å²) in [6.45, 7) is 5.04. The summed E-state index contributed by atoms with van der Waals surface area (Å²) in [4.78, 5) is 14.0. The van der Waals surface area contributed by atoms with Crippen molar-refractivity contribution in [3.63, 3.8) is 0 Å². The molecule has 0 spiro atoms. The van der Waals surface area contributed by atoms with Gasteiger partial charge in [-0.25, -0.2) is 9.98 Å². The number of hydrogen-bond acceptors (Lipinski definition) is 6. The van der Waals surface area contributed by atoms with Gasteiger partial charge in [-0.1, -0.05) is 152 Å². The van der Waals surface area contributed by atoms with Gasteiger partial charge in [-0.05, 0) is 37.6 Å². The second-order valence-corrected chi connectivity index (χ2v) is 12.6. The molecule has 1 N–H and O–H groups in total. The van der Waals surface area contributed by atoms with Crippen LogP contribution in [0.4, 0.5) is 0 Å². The summed E-state index contributed by atoms with van der Waals surface area (Å²) in [5.74, 6) is 0.178. The SMILES string of the molecule is CCOc1ccccc1C1NC(c2ccccc2)=C(c2ccccc2)N1C1(c2ccccc2OCC)N=C(c2ccccc2)C(c2ccccc2)=N1. The van der Waals surface area contributed by atoms with E-state index in [1.165, 1.54) is 0 Å². The van der Waals surface area contributed by atoms with Crippen molar-refractivity contribution in [2.24, 2.45) is 9.98 Å². The summed E-state index contributed by atoms with van der Waals surface area (Å²) in [5.41, 5.74) is 9.37. The van der Waals surface area contributed by atoms with Crippen molar-refractivity contribution in [2.45, 2.75) is 25.8 Å². The molecular weight excluding hydrogens is 641 g/mol. The molecule has 1 unspecified atom stereocenters. The lowest BCUT2D eigenvalue weighted by molar-refractivity contribution is 0.122. The number of para-hydroxylation sites is 2. The third-order valence-corrected chi connectivity index (χ3v) is 9.38. The quantitative estimate of drug-likeness (QED) is 0.148. The fourth-order valence-electron chi connectivity index (χ4n) is 7.19. The first-order valence-electron chi connectivity index (χ1n) is 17.9. The Kier molecular flexibility index (Phi) is 9.11. The zero-order valence-corrected chi connectivity index (χ0v) is 29.3. The topological polar surface area (TPSA) is 58.5 Å². The van der Waals surface area contributed by atoms with Gasteiger partial charge in [-0.2, -0.15) is 0 Å². The second-order valence-electron chi connectivity index (χ2n) is 12.6. The van der Waals surface area contributed by atoms with E-state index in [0.717, 1.165) is 67.7 Å². The summed E-state index contributed by atoms with van der Waals surface area (Å²) >= 11 is 0. The molecule has 0 fully saturated rings. The van der Waals surface area contributed by atoms with Gasteiger partial charge in [0.05, 0.1) is 41.6 Å². The van der Waals surface area contributed by atoms with Crippen molar-refractivity contribution in [1.82, 2.24) is 10.2 Å². The van der Waals surface area contributed by atoms with E-state index in [1.807, 2.05) is 68.4 Å². The average Bonchev–Trinajstić information content (AvgIpc) is 3.81. The van der Waals surface area contributed by atoms with Gasteiger partial charge in [0.2, 0.25) is 0 Å². The predicted molar refractivity (Wildman–Crippen MR) is 210 cm³/mol. The van der Waals surface area contributed by atoms with Crippen molar-refractivity contribution in [1.29, 1.82) is 0 Å². The van der Waals surface area contributed by atoms with Crippen LogP contribution < -0.4 is 14.8 Å². The Morgan fingerprint density at radius 1 is 0.519 bits per heavy atom. The predicted octanol–water partition coefficient (Wildman–Crippen LogP) is 9.72. The van der Waals surface area contributed by atoms with Gasteiger partial charge in [-0.3, -0.25) is 4.90 Å². The van der Waals surface area contributed by atoms with Crippen LogP contribution in [0.15, 0.2) is 180 Å². The van der Waals surface area contributed by atoms with E-state index in [2.05, 4.69) is 125 Å². The molecule has 2 heterocycles. The first-order valence-corrected chi connectivity index (χ1v) is 17.9. The lowest BCUT2D eigenvalue weighted by atomic mass is 9.99. The number of aliphatic imine (C=N–C) groups is 2. The zero-order chi connectivity index (χ0) is 35.3. The van der Waals surface area contributed by atoms with Gasteiger partial charge >= 0.3 is 0 Å². The molecule has 6 aromatic carbocycles. The van der Waals surface area contributed by atoms with E-state index in [0.29, 0.717) is 13.2 Å². The smallest absolute Gasteiger partial charge is 0.261 e. The minimum Gasteiger partial charge on any atom is -0.493 e. The molecule has 0 saturated carbocycles. The first kappa shape index (κ1) is 32.8. The molecule has 0 amide bonds. The van der Waals surface area contributed by atoms with Crippen LogP contribution in [0.3, 0.4) is 0 Å². The summed E-state index contributed by atoms with van der Waals surface area (Å²) < 4.78 is 12.8. The Bertz CT molecular complexity index is 2200. The standard InChI is InChI=1S/C46H40N4O2/c1-3-51-39-31-19-17-29-37(39)45-47-43(35-25-13-7-14-26-35)44(36-27-15-8-16-28-36)50(45)46(38-30-18-20-32-40(38)52-4-2)48-41(33-21-9-5-10-22-33)42(49-46)34-23-11-6-12-24-34/h5-32,45,47H,3-4H2,1-2H3. The Morgan fingerprint density at radius 2 is 0.962 bits per heavy atom. The molecule has 0 aromatic heterocycles. The summed E-state index contributed by atoms with van der Waals surface area (Å²) in [6, 6.07) is 58.1. The highest BCUT2D eigenvalue weighted by Crippen LogP contribution is 2.54. The molecule has 2 aliphatic rings. The van der Waals surface area contributed by atoms with Crippen LogP contribution in [0.2, 0.25) is 0 Å². The molecule has 0 radical (unpaired) electrons. The van der Waals surface area contributed by atoms with Gasteiger partial charge in [-0.15, -0.1) is 0 Å². The monoisotopic (exact) mass is 680 g/mol. The average molecular weight is 681 g/mol. The first-order chi connectivity index (χ1) is 25.7. The van der Waals surface area contributed by atoms with E-state index in [4.69, 9.17) is 19.5 Å². The van der Waals surface area contributed by atoms with Crippen LogP contribution in [0.5, 0.6) is 11.5 Å². The molecule has 8 rings (SSSR count). The molecule has 6 heteroatoms. The Morgan fingerprint density at radius 3 is 1.52 bits per heavy atom. The maximum absolute atomic E-state index is 6.45. The Labute approximate surface area is 305 Å². The highest BCUT2D eigenvalue weighted by atomic mass is 16.5. The number of ether oxygens (including phenoxy) is 2. The number of rotatable bonds is 11. The lowest BCUT2D eigenvalue weighted by Crippen LogP contribution is -2.44. The minimum atomic E-state index is -1.33. The largest absolute Gasteiger partial charge is 0.493 e. The summed E-state index contributed by atoms with van der Waals surface area (Å²) in [5, 5.41) is 4.00. The van der Waals surface area contributed by atoms with E-state index >= 15 is 0 Å². The summed E-state index contributed by atoms with van der Waals surface area (Å²) in [7, 11) is 0. The van der Waals surface area contributed by atoms with Gasteiger partial charge < -0.3 is 14.8 Å². The third-order valence-electron chi connectivity index (χ3n) is 9.38. The number of nitrogens with one attached hydrogen (secondary N) is 1. The maximum atomic E-state index is 6.45. The van der Waals surface area contributed by atoms with Crippen molar-refractivity contribution in [2.75, 3.05) is 13.2 Å². The highest BCUT2D eigenvalue weighted by molar-refractivity contribution is 6.54. The van der Waals surface area contributed by atoms with Gasteiger partial charge in [0.15, 0.2) is 0 Å². The molecule has 0 bridgehead atoms. The van der Waals surface area contributed by atoms with Crippen LogP contribution in [0.25, 0.3) is 11.4 Å².